The number of carbonyl (C=O) groups excluding carboxylic acids is 4. The van der Waals surface area contributed by atoms with E-state index in [1.807, 2.05) is 0 Å². The number of carbonyl (C=O) groups is 6. The first-order chi connectivity index (χ1) is 9.20. The number of ether oxygens (including phenoxy) is 2. The Hall–Kier alpha value is -3.04. The number of carboxylic acids is 2. The molecule has 10 nitrogen and oxygen atoms in total. The quantitative estimate of drug-likeness (QED) is 0.338. The molecule has 0 bridgehead atoms. The van der Waals surface area contributed by atoms with E-state index in [0.29, 0.717) is 12.2 Å². The van der Waals surface area contributed by atoms with Gasteiger partial charge in [-0.15, -0.1) is 0 Å². The van der Waals surface area contributed by atoms with Crippen molar-refractivity contribution < 1.29 is 48.5 Å². The minimum absolute atomic E-state index is 0.413. The monoisotopic (exact) mass is 288 g/mol. The highest BCUT2D eigenvalue weighted by Crippen LogP contribution is 1.92. The Kier molecular flexibility index (Phi) is 6.89. The topological polar surface area (TPSA) is 161 Å². The first-order valence-corrected chi connectivity index (χ1v) is 4.81. The van der Waals surface area contributed by atoms with Gasteiger partial charge in [0.25, 0.3) is 0 Å². The fourth-order valence-electron chi connectivity index (χ4n) is 0.748. The van der Waals surface area contributed by atoms with E-state index in [-0.39, 0.29) is 0 Å². The van der Waals surface area contributed by atoms with Crippen LogP contribution in [0, 0.1) is 0 Å². The molecule has 0 spiro atoms. The van der Waals surface area contributed by atoms with E-state index in [2.05, 4.69) is 9.47 Å². The van der Waals surface area contributed by atoms with Crippen LogP contribution in [0.1, 0.15) is 12.8 Å². The maximum atomic E-state index is 10.9. The first-order valence-electron chi connectivity index (χ1n) is 4.81. The zero-order chi connectivity index (χ0) is 15.7. The highest BCUT2D eigenvalue weighted by molar-refractivity contribution is 6.02. The summed E-state index contributed by atoms with van der Waals surface area (Å²) in [5, 5.41) is 16.4. The number of esters is 4. The van der Waals surface area contributed by atoms with Gasteiger partial charge in [0.15, 0.2) is 0 Å². The Labute approximate surface area is 110 Å². The van der Waals surface area contributed by atoms with Gasteiger partial charge in [-0.3, -0.25) is 19.2 Å². The molecule has 0 fully saturated rings. The van der Waals surface area contributed by atoms with Crippen molar-refractivity contribution in [1.82, 2.24) is 0 Å². The van der Waals surface area contributed by atoms with Crippen molar-refractivity contribution in [3.05, 3.63) is 12.2 Å². The summed E-state index contributed by atoms with van der Waals surface area (Å²) in [5.74, 6) is -8.40. The lowest BCUT2D eigenvalue weighted by Crippen LogP contribution is -2.16. The van der Waals surface area contributed by atoms with Crippen molar-refractivity contribution in [1.29, 1.82) is 0 Å². The van der Waals surface area contributed by atoms with Gasteiger partial charge >= 0.3 is 35.8 Å². The van der Waals surface area contributed by atoms with Gasteiger partial charge in [-0.2, -0.15) is 0 Å². The molecule has 0 aromatic carbocycles. The predicted molar refractivity (Wildman–Crippen MR) is 55.8 cm³/mol. The molecule has 0 radical (unpaired) electrons. The fraction of sp³-hybridized carbons (Fsp3) is 0.200. The fourth-order valence-corrected chi connectivity index (χ4v) is 0.748. The maximum absolute atomic E-state index is 10.9. The van der Waals surface area contributed by atoms with Gasteiger partial charge in [-0.25, -0.2) is 9.59 Å². The van der Waals surface area contributed by atoms with Crippen LogP contribution in [0.25, 0.3) is 0 Å². The molecule has 0 aromatic heterocycles. The highest BCUT2D eigenvalue weighted by atomic mass is 16.6. The van der Waals surface area contributed by atoms with E-state index >= 15 is 0 Å². The van der Waals surface area contributed by atoms with Gasteiger partial charge in [-0.1, -0.05) is 0 Å². The summed E-state index contributed by atoms with van der Waals surface area (Å²) in [6.45, 7) is 0. The maximum Gasteiger partial charge on any atom is 0.338 e. The van der Waals surface area contributed by atoms with E-state index < -0.39 is 48.7 Å². The Morgan fingerprint density at radius 1 is 0.700 bits per heavy atom. The molecule has 0 aliphatic carbocycles. The summed E-state index contributed by atoms with van der Waals surface area (Å²) in [7, 11) is 0. The van der Waals surface area contributed by atoms with Gasteiger partial charge in [0.1, 0.15) is 12.8 Å². The van der Waals surface area contributed by atoms with E-state index in [1.165, 1.54) is 0 Å². The second kappa shape index (κ2) is 8.13. The Bertz CT molecular complexity index is 442. The Morgan fingerprint density at radius 2 is 1.00 bits per heavy atom. The minimum Gasteiger partial charge on any atom is -0.481 e. The van der Waals surface area contributed by atoms with Crippen LogP contribution in [0.4, 0.5) is 0 Å². The molecule has 0 saturated heterocycles. The van der Waals surface area contributed by atoms with Crippen molar-refractivity contribution in [2.75, 3.05) is 0 Å². The van der Waals surface area contributed by atoms with Crippen molar-refractivity contribution in [2.45, 2.75) is 12.8 Å². The third kappa shape index (κ3) is 9.04. The molecular formula is C10H8O10. The van der Waals surface area contributed by atoms with E-state index in [0.717, 1.165) is 0 Å². The molecule has 2 N–H and O–H groups in total. The molecule has 0 saturated carbocycles. The predicted octanol–water partition coefficient (Wildman–Crippen LogP) is -1.37. The molecule has 10 heteroatoms. The zero-order valence-corrected chi connectivity index (χ0v) is 9.73. The number of hydrogen-bond donors (Lipinski definition) is 2. The minimum atomic E-state index is -1.51. The second-order valence-electron chi connectivity index (χ2n) is 3.06. The number of aliphatic carboxylic acids is 2. The standard InChI is InChI=1S/C10H8O10/c11-5(12)3-9(17)19-7(15)1-2-8(16)20-10(18)4-6(13)14/h1-2H,3-4H2,(H,11,12)(H,13,14)/b2-1+. The van der Waals surface area contributed by atoms with Crippen molar-refractivity contribution in [3.8, 4) is 0 Å². The SMILES string of the molecule is O=C(O)CC(=O)OC(=O)/C=C/C(=O)OC(=O)CC(=O)O. The van der Waals surface area contributed by atoms with Gasteiger partial charge in [-0.05, 0) is 0 Å². The van der Waals surface area contributed by atoms with Crippen molar-refractivity contribution >= 4 is 35.8 Å². The first kappa shape index (κ1) is 17.0. The molecule has 108 valence electrons. The van der Waals surface area contributed by atoms with Gasteiger partial charge in [0.05, 0.1) is 0 Å². The summed E-state index contributed by atoms with van der Waals surface area (Å²) < 4.78 is 7.90. The molecule has 0 aliphatic heterocycles. The summed E-state index contributed by atoms with van der Waals surface area (Å²) in [6, 6.07) is 0. The smallest absolute Gasteiger partial charge is 0.338 e. The Morgan fingerprint density at radius 3 is 1.25 bits per heavy atom. The average Bonchev–Trinajstić information content (AvgIpc) is 2.23. The lowest BCUT2D eigenvalue weighted by molar-refractivity contribution is -0.162. The second-order valence-corrected chi connectivity index (χ2v) is 3.06. The molecule has 0 aromatic rings. The highest BCUT2D eigenvalue weighted by Gasteiger charge is 2.14. The van der Waals surface area contributed by atoms with Gasteiger partial charge in [0.2, 0.25) is 0 Å². The number of rotatable bonds is 6. The van der Waals surface area contributed by atoms with E-state index in [1.54, 1.807) is 0 Å². The molecule has 0 heterocycles. The van der Waals surface area contributed by atoms with E-state index in [4.69, 9.17) is 10.2 Å². The summed E-state index contributed by atoms with van der Waals surface area (Å²) in [4.78, 5) is 63.4. The van der Waals surface area contributed by atoms with Crippen LogP contribution in [0.15, 0.2) is 12.2 Å². The van der Waals surface area contributed by atoms with E-state index in [9.17, 15) is 28.8 Å². The Balaban J connectivity index is 4.21. The van der Waals surface area contributed by atoms with Crippen LogP contribution in [0.3, 0.4) is 0 Å². The number of carboxylic acid groups (broad SMARTS) is 2. The van der Waals surface area contributed by atoms with Crippen LogP contribution in [-0.4, -0.2) is 46.0 Å². The molecule has 0 aliphatic rings. The van der Waals surface area contributed by atoms with Crippen molar-refractivity contribution in [3.63, 3.8) is 0 Å². The van der Waals surface area contributed by atoms with Crippen LogP contribution < -0.4 is 0 Å². The third-order valence-electron chi connectivity index (χ3n) is 1.38. The van der Waals surface area contributed by atoms with Crippen LogP contribution >= 0.6 is 0 Å². The normalized spacial score (nSPS) is 9.80. The summed E-state index contributed by atoms with van der Waals surface area (Å²) >= 11 is 0. The third-order valence-corrected chi connectivity index (χ3v) is 1.38. The zero-order valence-electron chi connectivity index (χ0n) is 9.73. The number of hydrogen-bond acceptors (Lipinski definition) is 8. The molecule has 0 rings (SSSR count). The van der Waals surface area contributed by atoms with Crippen LogP contribution in [0.2, 0.25) is 0 Å². The molecule has 20 heavy (non-hydrogen) atoms. The molecule has 0 unspecified atom stereocenters. The lowest BCUT2D eigenvalue weighted by atomic mass is 10.4. The average molecular weight is 288 g/mol. The van der Waals surface area contributed by atoms with Crippen LogP contribution in [-0.2, 0) is 38.2 Å². The van der Waals surface area contributed by atoms with Crippen LogP contribution in [0.5, 0.6) is 0 Å². The summed E-state index contributed by atoms with van der Waals surface area (Å²) in [5.41, 5.74) is 0. The molecular weight excluding hydrogens is 280 g/mol. The largest absolute Gasteiger partial charge is 0.481 e. The van der Waals surface area contributed by atoms with Gasteiger partial charge in [0, 0.05) is 12.2 Å². The molecule has 0 atom stereocenters. The van der Waals surface area contributed by atoms with Crippen molar-refractivity contribution in [2.24, 2.45) is 0 Å². The molecule has 0 amide bonds. The lowest BCUT2D eigenvalue weighted by Gasteiger charge is -1.97. The van der Waals surface area contributed by atoms with Gasteiger partial charge < -0.3 is 19.7 Å². The summed E-state index contributed by atoms with van der Waals surface area (Å²) in [6.07, 6.45) is -1.26.